The van der Waals surface area contributed by atoms with E-state index >= 15 is 0 Å². The lowest BCUT2D eigenvalue weighted by Gasteiger charge is -2.40. The van der Waals surface area contributed by atoms with E-state index < -0.39 is 0 Å². The molecule has 66 valence electrons. The first-order chi connectivity index (χ1) is 5.79. The van der Waals surface area contributed by atoms with Gasteiger partial charge < -0.3 is 0 Å². The number of allylic oxidation sites excluding steroid dienone is 1. The summed E-state index contributed by atoms with van der Waals surface area (Å²) in [4.78, 5) is 0. The molecule has 2 rings (SSSR count). The van der Waals surface area contributed by atoms with Gasteiger partial charge in [0, 0.05) is 0 Å². The first-order valence-corrected chi connectivity index (χ1v) is 5.44. The normalized spacial score (nSPS) is 34.9. The zero-order valence-electron chi connectivity index (χ0n) is 8.18. The van der Waals surface area contributed by atoms with E-state index in [9.17, 15) is 0 Å². The van der Waals surface area contributed by atoms with E-state index in [4.69, 9.17) is 0 Å². The molecule has 0 spiro atoms. The number of fused-ring (bicyclic) bond motifs is 2. The minimum Gasteiger partial charge on any atom is -0.111 e. The van der Waals surface area contributed by atoms with Gasteiger partial charge in [0.2, 0.25) is 0 Å². The molecule has 0 unspecified atom stereocenters. The Morgan fingerprint density at radius 1 is 1.08 bits per heavy atom. The summed E-state index contributed by atoms with van der Waals surface area (Å²) in [5, 5.41) is 0. The first-order valence-electron chi connectivity index (χ1n) is 5.44. The van der Waals surface area contributed by atoms with Crippen LogP contribution in [-0.2, 0) is 0 Å². The Morgan fingerprint density at radius 3 is 1.75 bits per heavy atom. The molecule has 2 heterocycles. The summed E-state index contributed by atoms with van der Waals surface area (Å²) in [6.45, 7) is 7.29. The lowest BCUT2D eigenvalue weighted by atomic mass is 9.25. The molecule has 2 fully saturated rings. The molecule has 0 atom stereocenters. The Morgan fingerprint density at radius 2 is 1.50 bits per heavy atom. The van der Waals surface area contributed by atoms with Crippen LogP contribution in [0.5, 0.6) is 0 Å². The molecule has 0 aromatic rings. The second-order valence-corrected chi connectivity index (χ2v) is 4.75. The van der Waals surface area contributed by atoms with Gasteiger partial charge >= 0.3 is 0 Å². The molecule has 0 aromatic heterocycles. The van der Waals surface area contributed by atoms with Gasteiger partial charge in [-0.15, -0.1) is 12.1 Å². The van der Waals surface area contributed by atoms with Crippen LogP contribution < -0.4 is 0 Å². The number of hydrogen-bond donors (Lipinski definition) is 0. The number of hydrogen-bond acceptors (Lipinski definition) is 0. The fourth-order valence-corrected chi connectivity index (χ4v) is 3.48. The second kappa shape index (κ2) is 3.28. The summed E-state index contributed by atoms with van der Waals surface area (Å²) in [6.07, 6.45) is 8.89. The number of rotatable bonds is 1. The molecule has 0 N–H and O–H groups in total. The minimum atomic E-state index is 0.896. The molecule has 2 aliphatic heterocycles. The molecule has 0 aromatic carbocycles. The van der Waals surface area contributed by atoms with Crippen LogP contribution in [0.4, 0.5) is 0 Å². The molecule has 12 heavy (non-hydrogen) atoms. The zero-order valence-corrected chi connectivity index (χ0v) is 8.18. The lowest BCUT2D eigenvalue weighted by Crippen LogP contribution is -2.35. The molecule has 0 aliphatic carbocycles. The van der Waals surface area contributed by atoms with Crippen LogP contribution in [0.25, 0.3) is 0 Å². The van der Waals surface area contributed by atoms with E-state index in [0.29, 0.717) is 0 Å². The van der Waals surface area contributed by atoms with Gasteiger partial charge in [0.25, 0.3) is 0 Å². The first kappa shape index (κ1) is 8.41. The summed E-state index contributed by atoms with van der Waals surface area (Å²) in [5.41, 5.74) is 1.46. The Hall–Kier alpha value is -0.195. The predicted octanol–water partition coefficient (Wildman–Crippen LogP) is 3.70. The molecular weight excluding hydrogens is 143 g/mol. The van der Waals surface area contributed by atoms with Gasteiger partial charge in [-0.1, -0.05) is 57.1 Å². The third kappa shape index (κ3) is 1.34. The maximum absolute atomic E-state index is 4.16. The largest absolute Gasteiger partial charge is 0.175 e. The van der Waals surface area contributed by atoms with Gasteiger partial charge in [-0.25, -0.2) is 0 Å². The average molecular weight is 162 g/mol. The topological polar surface area (TPSA) is 0 Å². The summed E-state index contributed by atoms with van der Waals surface area (Å²) in [7, 11) is 0. The Kier molecular flexibility index (Phi) is 2.30. The lowest BCUT2D eigenvalue weighted by molar-refractivity contribution is 0.446. The predicted molar refractivity (Wildman–Crippen MR) is 55.8 cm³/mol. The van der Waals surface area contributed by atoms with Crippen molar-refractivity contribution in [1.29, 1.82) is 0 Å². The molecular formula is C11H19B. The molecule has 2 bridgehead atoms. The van der Waals surface area contributed by atoms with Crippen molar-refractivity contribution < 1.29 is 0 Å². The highest BCUT2D eigenvalue weighted by molar-refractivity contribution is 6.69. The van der Waals surface area contributed by atoms with Crippen LogP contribution in [0, 0.1) is 0 Å². The van der Waals surface area contributed by atoms with E-state index in [2.05, 4.69) is 13.5 Å². The van der Waals surface area contributed by atoms with Crippen molar-refractivity contribution in [2.24, 2.45) is 0 Å². The average Bonchev–Trinajstić information content (AvgIpc) is 2.02. The van der Waals surface area contributed by atoms with Crippen LogP contribution in [0.2, 0.25) is 11.6 Å². The maximum Gasteiger partial charge on any atom is 0.175 e. The molecule has 0 amide bonds. The van der Waals surface area contributed by atoms with E-state index in [-0.39, 0.29) is 0 Å². The van der Waals surface area contributed by atoms with Crippen LogP contribution in [-0.4, -0.2) is 6.71 Å². The monoisotopic (exact) mass is 162 g/mol. The van der Waals surface area contributed by atoms with E-state index in [0.717, 1.165) is 18.3 Å². The van der Waals surface area contributed by atoms with Crippen LogP contribution >= 0.6 is 0 Å². The van der Waals surface area contributed by atoms with Crippen molar-refractivity contribution in [2.75, 3.05) is 0 Å². The van der Waals surface area contributed by atoms with Gasteiger partial charge in [0.15, 0.2) is 6.71 Å². The third-order valence-corrected chi connectivity index (χ3v) is 3.88. The Bertz CT molecular complexity index is 163. The summed E-state index contributed by atoms with van der Waals surface area (Å²) in [5.74, 6) is 2.02. The Balaban J connectivity index is 2.13. The van der Waals surface area contributed by atoms with E-state index in [1.54, 1.807) is 0 Å². The van der Waals surface area contributed by atoms with E-state index in [1.807, 2.05) is 0 Å². The van der Waals surface area contributed by atoms with Crippen LogP contribution in [0.3, 0.4) is 0 Å². The van der Waals surface area contributed by atoms with Gasteiger partial charge in [0.05, 0.1) is 0 Å². The quantitative estimate of drug-likeness (QED) is 0.515. The standard InChI is InChI=1S/C11H19B/c1-9(2)12-10-5-3-6-11(12)8-4-7-10/h10-11H,1,3-8H2,2H3. The molecule has 1 heteroatoms. The fourth-order valence-electron chi connectivity index (χ4n) is 3.48. The van der Waals surface area contributed by atoms with Gasteiger partial charge in [-0.2, -0.15) is 0 Å². The van der Waals surface area contributed by atoms with Crippen molar-refractivity contribution in [3.05, 3.63) is 12.1 Å². The smallest absolute Gasteiger partial charge is 0.111 e. The van der Waals surface area contributed by atoms with E-state index in [1.165, 1.54) is 44.0 Å². The van der Waals surface area contributed by atoms with Crippen molar-refractivity contribution >= 4 is 6.71 Å². The second-order valence-electron chi connectivity index (χ2n) is 4.75. The highest BCUT2D eigenvalue weighted by Gasteiger charge is 2.39. The molecule has 0 radical (unpaired) electrons. The SMILES string of the molecule is C=C(C)B1C2CCCC1CCC2. The van der Waals surface area contributed by atoms with Gasteiger partial charge in [-0.3, -0.25) is 0 Å². The van der Waals surface area contributed by atoms with Crippen molar-refractivity contribution in [3.8, 4) is 0 Å². The highest BCUT2D eigenvalue weighted by atomic mass is 14.2. The third-order valence-electron chi connectivity index (χ3n) is 3.88. The molecule has 0 saturated carbocycles. The van der Waals surface area contributed by atoms with Gasteiger partial charge in [-0.05, 0) is 0 Å². The summed E-state index contributed by atoms with van der Waals surface area (Å²) in [6, 6.07) is 0. The zero-order chi connectivity index (χ0) is 8.55. The van der Waals surface area contributed by atoms with Gasteiger partial charge in [0.1, 0.15) is 0 Å². The molecule has 0 nitrogen and oxygen atoms in total. The fraction of sp³-hybridized carbons (Fsp3) is 0.818. The molecule has 2 aliphatic rings. The summed E-state index contributed by atoms with van der Waals surface area (Å²) >= 11 is 0. The minimum absolute atomic E-state index is 0.896. The summed E-state index contributed by atoms with van der Waals surface area (Å²) < 4.78 is 0. The van der Waals surface area contributed by atoms with Crippen molar-refractivity contribution in [1.82, 2.24) is 0 Å². The van der Waals surface area contributed by atoms with Crippen molar-refractivity contribution in [3.63, 3.8) is 0 Å². The Labute approximate surface area is 76.5 Å². The maximum atomic E-state index is 4.16. The van der Waals surface area contributed by atoms with Crippen LogP contribution in [0.1, 0.15) is 45.4 Å². The highest BCUT2D eigenvalue weighted by Crippen LogP contribution is 2.48. The van der Waals surface area contributed by atoms with Crippen LogP contribution in [0.15, 0.2) is 12.1 Å². The van der Waals surface area contributed by atoms with Crippen molar-refractivity contribution in [2.45, 2.75) is 57.1 Å². The molecule has 2 saturated heterocycles.